The third-order valence-electron chi connectivity index (χ3n) is 8.93. The lowest BCUT2D eigenvalue weighted by Crippen LogP contribution is -2.50. The Bertz CT molecular complexity index is 428. The molecule has 1 nitrogen and oxygen atoms in total. The van der Waals surface area contributed by atoms with Crippen molar-refractivity contribution in [3.63, 3.8) is 0 Å². The minimum Gasteiger partial charge on any atom is -0.390 e. The Morgan fingerprint density at radius 2 is 1.64 bits per heavy atom. The fourth-order valence-electron chi connectivity index (χ4n) is 7.86. The highest BCUT2D eigenvalue weighted by atomic mass is 16.3. The molecule has 1 N–H and O–H groups in total. The predicted molar refractivity (Wildman–Crippen MR) is 91.5 cm³/mol. The molecule has 0 unspecified atom stereocenters. The molecule has 0 aromatic carbocycles. The second kappa shape index (κ2) is 5.23. The summed E-state index contributed by atoms with van der Waals surface area (Å²) in [7, 11) is 0. The molecule has 0 radical (unpaired) electrons. The Balaban J connectivity index is 1.54. The lowest BCUT2D eigenvalue weighted by atomic mass is 9.49. The SMILES string of the molecule is CC[C@H]1CC[C@H]2[C@@H]3CC[C@@H]4C[C@@](C)(O)CC[C@@H]4[C@H]3CC[C@]12C. The molecule has 0 saturated heterocycles. The second-order valence-electron chi connectivity index (χ2n) is 9.90. The Hall–Kier alpha value is -0.0400. The lowest BCUT2D eigenvalue weighted by molar-refractivity contribution is -0.0997. The predicted octanol–water partition coefficient (Wildman–Crippen LogP) is 5.42. The van der Waals surface area contributed by atoms with Gasteiger partial charge in [0.15, 0.2) is 0 Å². The van der Waals surface area contributed by atoms with E-state index in [-0.39, 0.29) is 5.60 Å². The van der Waals surface area contributed by atoms with Crippen LogP contribution in [-0.4, -0.2) is 10.7 Å². The average molecular weight is 305 g/mol. The summed E-state index contributed by atoms with van der Waals surface area (Å²) in [6.45, 7) is 7.15. The monoisotopic (exact) mass is 304 g/mol. The van der Waals surface area contributed by atoms with Crippen molar-refractivity contribution >= 4 is 0 Å². The quantitative estimate of drug-likeness (QED) is 0.686. The van der Waals surface area contributed by atoms with Gasteiger partial charge in [0.1, 0.15) is 0 Å². The van der Waals surface area contributed by atoms with Crippen molar-refractivity contribution in [3.8, 4) is 0 Å². The summed E-state index contributed by atoms with van der Waals surface area (Å²) in [4.78, 5) is 0. The first kappa shape index (κ1) is 15.5. The maximum absolute atomic E-state index is 10.5. The van der Waals surface area contributed by atoms with Gasteiger partial charge in [-0.25, -0.2) is 0 Å². The standard InChI is InChI=1S/C21H36O/c1-4-15-6-8-19-18-7-5-14-13-20(2,22)11-9-16(14)17(18)10-12-21(15,19)3/h14-19,22H,4-13H2,1-3H3/t14-,15+,16+,17-,18-,19+,20+,21-/m1/s1. The molecular weight excluding hydrogens is 268 g/mol. The maximum atomic E-state index is 10.5. The van der Waals surface area contributed by atoms with Gasteiger partial charge in [-0.15, -0.1) is 0 Å². The molecule has 4 aliphatic rings. The summed E-state index contributed by atoms with van der Waals surface area (Å²) in [5.74, 6) is 5.84. The van der Waals surface area contributed by atoms with Crippen molar-refractivity contribution in [2.24, 2.45) is 40.9 Å². The van der Waals surface area contributed by atoms with Crippen LogP contribution in [0.5, 0.6) is 0 Å². The Morgan fingerprint density at radius 3 is 2.41 bits per heavy atom. The molecule has 0 amide bonds. The molecule has 8 atom stereocenters. The number of hydrogen-bond acceptors (Lipinski definition) is 1. The fourth-order valence-corrected chi connectivity index (χ4v) is 7.86. The van der Waals surface area contributed by atoms with E-state index in [1.54, 1.807) is 0 Å². The Labute approximate surface area is 137 Å². The maximum Gasteiger partial charge on any atom is 0.0622 e. The first-order chi connectivity index (χ1) is 10.4. The Morgan fingerprint density at radius 1 is 0.864 bits per heavy atom. The molecule has 0 heterocycles. The molecule has 0 aromatic heterocycles. The summed E-state index contributed by atoms with van der Waals surface area (Å²) >= 11 is 0. The van der Waals surface area contributed by atoms with Crippen LogP contribution in [0.4, 0.5) is 0 Å². The zero-order chi connectivity index (χ0) is 15.5. The van der Waals surface area contributed by atoms with Crippen molar-refractivity contribution < 1.29 is 5.11 Å². The first-order valence-electron chi connectivity index (χ1n) is 10.2. The molecule has 4 aliphatic carbocycles. The zero-order valence-electron chi connectivity index (χ0n) is 15.0. The molecule has 0 spiro atoms. The lowest BCUT2D eigenvalue weighted by Gasteiger charge is -2.57. The minimum atomic E-state index is -0.363. The third kappa shape index (κ3) is 2.21. The molecule has 0 aliphatic heterocycles. The number of hydrogen-bond donors (Lipinski definition) is 1. The van der Waals surface area contributed by atoms with E-state index in [9.17, 15) is 5.11 Å². The minimum absolute atomic E-state index is 0.363. The molecule has 0 bridgehead atoms. The molecular formula is C21H36O. The van der Waals surface area contributed by atoms with Crippen molar-refractivity contribution in [3.05, 3.63) is 0 Å². The van der Waals surface area contributed by atoms with Gasteiger partial charge in [-0.3, -0.25) is 0 Å². The largest absolute Gasteiger partial charge is 0.390 e. The van der Waals surface area contributed by atoms with E-state index in [1.807, 2.05) is 0 Å². The third-order valence-corrected chi connectivity index (χ3v) is 8.93. The molecule has 1 heteroatoms. The van der Waals surface area contributed by atoms with Crippen molar-refractivity contribution in [1.82, 2.24) is 0 Å². The molecule has 126 valence electrons. The highest BCUT2D eigenvalue weighted by Crippen LogP contribution is 2.65. The summed E-state index contributed by atoms with van der Waals surface area (Å²) < 4.78 is 0. The molecule has 4 saturated carbocycles. The van der Waals surface area contributed by atoms with Crippen LogP contribution in [0.1, 0.15) is 85.0 Å². The molecule has 0 aromatic rings. The number of aliphatic hydroxyl groups is 1. The highest BCUT2D eigenvalue weighted by Gasteiger charge is 2.56. The van der Waals surface area contributed by atoms with Gasteiger partial charge in [0, 0.05) is 0 Å². The first-order valence-corrected chi connectivity index (χ1v) is 10.2. The van der Waals surface area contributed by atoms with E-state index in [0.717, 1.165) is 48.3 Å². The summed E-state index contributed by atoms with van der Waals surface area (Å²) in [5, 5.41) is 10.5. The van der Waals surface area contributed by atoms with Crippen molar-refractivity contribution in [1.29, 1.82) is 0 Å². The summed E-state index contributed by atoms with van der Waals surface area (Å²) in [6.07, 6.45) is 13.7. The van der Waals surface area contributed by atoms with Gasteiger partial charge >= 0.3 is 0 Å². The van der Waals surface area contributed by atoms with Crippen LogP contribution in [0.15, 0.2) is 0 Å². The normalized spacial score (nSPS) is 57.8. The van der Waals surface area contributed by atoms with E-state index in [4.69, 9.17) is 0 Å². The van der Waals surface area contributed by atoms with Crippen LogP contribution in [-0.2, 0) is 0 Å². The van der Waals surface area contributed by atoms with Gasteiger partial charge in [-0.2, -0.15) is 0 Å². The van der Waals surface area contributed by atoms with Crippen LogP contribution in [0.25, 0.3) is 0 Å². The molecule has 22 heavy (non-hydrogen) atoms. The number of fused-ring (bicyclic) bond motifs is 5. The van der Waals surface area contributed by atoms with Gasteiger partial charge < -0.3 is 5.11 Å². The van der Waals surface area contributed by atoms with E-state index in [1.165, 1.54) is 51.4 Å². The smallest absolute Gasteiger partial charge is 0.0622 e. The van der Waals surface area contributed by atoms with E-state index < -0.39 is 0 Å². The van der Waals surface area contributed by atoms with Crippen molar-refractivity contribution in [2.45, 2.75) is 90.6 Å². The van der Waals surface area contributed by atoms with Gasteiger partial charge in [0.2, 0.25) is 0 Å². The van der Waals surface area contributed by atoms with E-state index >= 15 is 0 Å². The fraction of sp³-hybridized carbons (Fsp3) is 1.00. The van der Waals surface area contributed by atoms with Gasteiger partial charge in [-0.05, 0) is 106 Å². The van der Waals surface area contributed by atoms with Crippen LogP contribution in [0.2, 0.25) is 0 Å². The summed E-state index contributed by atoms with van der Waals surface area (Å²) in [5.41, 5.74) is 0.306. The van der Waals surface area contributed by atoms with Gasteiger partial charge in [-0.1, -0.05) is 20.3 Å². The van der Waals surface area contributed by atoms with E-state index in [0.29, 0.717) is 5.41 Å². The molecule has 4 rings (SSSR count). The van der Waals surface area contributed by atoms with Crippen LogP contribution >= 0.6 is 0 Å². The molecule has 4 fully saturated rings. The topological polar surface area (TPSA) is 20.2 Å². The van der Waals surface area contributed by atoms with E-state index in [2.05, 4.69) is 20.8 Å². The second-order valence-corrected chi connectivity index (χ2v) is 9.90. The highest BCUT2D eigenvalue weighted by molar-refractivity contribution is 5.06. The summed E-state index contributed by atoms with van der Waals surface area (Å²) in [6, 6.07) is 0. The van der Waals surface area contributed by atoms with Gasteiger partial charge in [0.05, 0.1) is 5.60 Å². The average Bonchev–Trinajstić information content (AvgIpc) is 2.82. The van der Waals surface area contributed by atoms with Gasteiger partial charge in [0.25, 0.3) is 0 Å². The number of rotatable bonds is 1. The van der Waals surface area contributed by atoms with Crippen LogP contribution in [0, 0.1) is 40.9 Å². The zero-order valence-corrected chi connectivity index (χ0v) is 15.0. The van der Waals surface area contributed by atoms with Crippen LogP contribution in [0.3, 0.4) is 0 Å². The van der Waals surface area contributed by atoms with Crippen LogP contribution < -0.4 is 0 Å². The Kier molecular flexibility index (Phi) is 3.68. The van der Waals surface area contributed by atoms with Crippen molar-refractivity contribution in [2.75, 3.05) is 0 Å².